The first-order valence-corrected chi connectivity index (χ1v) is 16.6. The molecule has 7 aliphatic rings. The molecular weight excluding hydrogens is 504 g/mol. The SMILES string of the molecule is CC(C)[C@@H](OC(N)=O)C1CCC2C(CC3C4CCC5C(C)(C)[C@@H](OC6CNCCO6)CC[C@@]56C[C@@]46CC[C@]23C)O1.[HH]. The number of morpholine rings is 1. The standard InChI is InChI=1S/C33H54N2O5.H2/c1-19(2)28(40-29(34)36)23-8-6-21-24(38-23)16-22-20-7-9-25-30(3,4)26(39-27-17-35-14-15-37-27)10-11-33(25)18-32(20,33)13-12-31(21,22)5;/h19-28,35H,6-18H2,1-5H3,(H2,34,36);1H/t20?,21?,22?,23?,24?,25?,26-,27?,28+,31+,32-,33+;/m0./s1. The van der Waals surface area contributed by atoms with Crippen molar-refractivity contribution in [2.24, 2.45) is 57.0 Å². The highest BCUT2D eigenvalue weighted by molar-refractivity contribution is 5.64. The molecule has 7 heteroatoms. The smallest absolute Gasteiger partial charge is 0.404 e. The summed E-state index contributed by atoms with van der Waals surface area (Å²) in [6.07, 6.45) is 12.3. The molecule has 7 nitrogen and oxygen atoms in total. The van der Waals surface area contributed by atoms with E-state index in [1.54, 1.807) is 0 Å². The molecule has 0 aromatic rings. The van der Waals surface area contributed by atoms with Crippen molar-refractivity contribution >= 4 is 6.09 Å². The van der Waals surface area contributed by atoms with E-state index < -0.39 is 6.09 Å². The quantitative estimate of drug-likeness (QED) is 0.436. The second-order valence-corrected chi connectivity index (χ2v) is 16.1. The number of rotatable bonds is 5. The van der Waals surface area contributed by atoms with Crippen LogP contribution in [0.15, 0.2) is 0 Å². The summed E-state index contributed by atoms with van der Waals surface area (Å²) in [5.41, 5.74) is 7.06. The van der Waals surface area contributed by atoms with Crippen LogP contribution in [0.5, 0.6) is 0 Å². The van der Waals surface area contributed by atoms with E-state index in [0.29, 0.717) is 28.3 Å². The lowest BCUT2D eigenvalue weighted by Gasteiger charge is -2.60. The Morgan fingerprint density at radius 3 is 2.52 bits per heavy atom. The molecule has 0 radical (unpaired) electrons. The Kier molecular flexibility index (Phi) is 6.67. The molecule has 7 fully saturated rings. The number of ether oxygens (including phenoxy) is 4. The molecule has 2 heterocycles. The maximum Gasteiger partial charge on any atom is 0.404 e. The maximum atomic E-state index is 11.6. The van der Waals surface area contributed by atoms with Gasteiger partial charge >= 0.3 is 6.09 Å². The van der Waals surface area contributed by atoms with Gasteiger partial charge in [0, 0.05) is 14.5 Å². The first-order valence-electron chi connectivity index (χ1n) is 16.6. The van der Waals surface area contributed by atoms with E-state index >= 15 is 0 Å². The topological polar surface area (TPSA) is 92.0 Å². The number of amides is 1. The lowest BCUT2D eigenvalue weighted by Crippen LogP contribution is -2.56. The van der Waals surface area contributed by atoms with Crippen molar-refractivity contribution in [3.8, 4) is 0 Å². The second kappa shape index (κ2) is 9.56. The minimum Gasteiger partial charge on any atom is -0.443 e. The molecule has 40 heavy (non-hydrogen) atoms. The van der Waals surface area contributed by atoms with Gasteiger partial charge in [0.05, 0.1) is 24.9 Å². The van der Waals surface area contributed by atoms with Gasteiger partial charge in [-0.1, -0.05) is 34.6 Å². The van der Waals surface area contributed by atoms with Gasteiger partial charge in [-0.25, -0.2) is 4.79 Å². The Morgan fingerprint density at radius 1 is 1.00 bits per heavy atom. The summed E-state index contributed by atoms with van der Waals surface area (Å²) in [6, 6.07) is 0. The molecule has 0 aromatic heterocycles. The number of carbonyl (C=O) groups excluding carboxylic acids is 1. The van der Waals surface area contributed by atoms with Crippen molar-refractivity contribution in [1.82, 2.24) is 5.32 Å². The van der Waals surface area contributed by atoms with Crippen LogP contribution in [0.2, 0.25) is 0 Å². The van der Waals surface area contributed by atoms with Gasteiger partial charge in [0.15, 0.2) is 6.29 Å². The third-order valence-electron chi connectivity index (χ3n) is 14.0. The Labute approximate surface area is 242 Å². The first kappa shape index (κ1) is 27.9. The zero-order valence-corrected chi connectivity index (χ0v) is 25.6. The van der Waals surface area contributed by atoms with Gasteiger partial charge < -0.3 is 30.0 Å². The Hall–Kier alpha value is -0.890. The summed E-state index contributed by atoms with van der Waals surface area (Å²) in [4.78, 5) is 11.6. The van der Waals surface area contributed by atoms with Crippen LogP contribution < -0.4 is 11.1 Å². The van der Waals surface area contributed by atoms with Crippen LogP contribution in [-0.2, 0) is 18.9 Å². The molecule has 0 bridgehead atoms. The fourth-order valence-corrected chi connectivity index (χ4v) is 12.3. The molecule has 228 valence electrons. The zero-order valence-electron chi connectivity index (χ0n) is 25.6. The summed E-state index contributed by atoms with van der Waals surface area (Å²) < 4.78 is 25.1. The minimum atomic E-state index is -0.680. The van der Waals surface area contributed by atoms with E-state index in [9.17, 15) is 4.79 Å². The Balaban J connectivity index is 0.00000302. The molecule has 2 aliphatic heterocycles. The molecule has 5 saturated carbocycles. The average Bonchev–Trinajstić information content (AvgIpc) is 3.49. The van der Waals surface area contributed by atoms with Gasteiger partial charge in [0.25, 0.3) is 0 Å². The van der Waals surface area contributed by atoms with E-state index in [0.717, 1.165) is 43.9 Å². The number of fused-ring (bicyclic) bond motifs is 4. The monoisotopic (exact) mass is 560 g/mol. The summed E-state index contributed by atoms with van der Waals surface area (Å²) in [6.45, 7) is 14.3. The molecule has 0 aromatic carbocycles. The van der Waals surface area contributed by atoms with E-state index in [-0.39, 0.29) is 37.4 Å². The van der Waals surface area contributed by atoms with Crippen molar-refractivity contribution in [3.63, 3.8) is 0 Å². The Bertz CT molecular complexity index is 1000. The Morgan fingerprint density at radius 2 is 1.80 bits per heavy atom. The summed E-state index contributed by atoms with van der Waals surface area (Å²) >= 11 is 0. The van der Waals surface area contributed by atoms with E-state index in [4.69, 9.17) is 24.7 Å². The molecule has 3 N–H and O–H groups in total. The van der Waals surface area contributed by atoms with Crippen molar-refractivity contribution in [2.45, 2.75) is 130 Å². The van der Waals surface area contributed by atoms with Crippen LogP contribution in [0.25, 0.3) is 0 Å². The summed E-state index contributed by atoms with van der Waals surface area (Å²) in [7, 11) is 0. The number of nitrogens with one attached hydrogen (secondary N) is 1. The van der Waals surface area contributed by atoms with Crippen molar-refractivity contribution < 1.29 is 25.2 Å². The fraction of sp³-hybridized carbons (Fsp3) is 0.970. The number of hydrogen-bond acceptors (Lipinski definition) is 6. The number of primary amides is 1. The lowest BCUT2D eigenvalue weighted by molar-refractivity contribution is -0.232. The highest BCUT2D eigenvalue weighted by Gasteiger charge is 2.80. The van der Waals surface area contributed by atoms with Gasteiger partial charge in [-0.15, -0.1) is 0 Å². The number of nitrogens with two attached hydrogens (primary N) is 1. The minimum absolute atomic E-state index is 0. The molecule has 7 unspecified atom stereocenters. The van der Waals surface area contributed by atoms with E-state index in [1.165, 1.54) is 57.8 Å². The zero-order chi connectivity index (χ0) is 28.1. The molecule has 7 rings (SSSR count). The highest BCUT2D eigenvalue weighted by Crippen LogP contribution is 2.87. The van der Waals surface area contributed by atoms with Crippen molar-refractivity contribution in [3.05, 3.63) is 0 Å². The van der Waals surface area contributed by atoms with Crippen molar-refractivity contribution in [1.29, 1.82) is 0 Å². The van der Waals surface area contributed by atoms with Crippen LogP contribution in [0.4, 0.5) is 4.79 Å². The summed E-state index contributed by atoms with van der Waals surface area (Å²) in [5, 5.41) is 3.44. The molecule has 5 aliphatic carbocycles. The molecule has 1 amide bonds. The average molecular weight is 561 g/mol. The summed E-state index contributed by atoms with van der Waals surface area (Å²) in [5.74, 6) is 3.16. The van der Waals surface area contributed by atoms with Gasteiger partial charge in [0.1, 0.15) is 6.10 Å². The fourth-order valence-electron chi connectivity index (χ4n) is 12.3. The predicted molar refractivity (Wildman–Crippen MR) is 154 cm³/mol. The highest BCUT2D eigenvalue weighted by atomic mass is 16.7. The molecule has 2 saturated heterocycles. The molecule has 12 atom stereocenters. The van der Waals surface area contributed by atoms with E-state index in [1.807, 2.05) is 0 Å². The van der Waals surface area contributed by atoms with Crippen LogP contribution in [0, 0.1) is 51.2 Å². The van der Waals surface area contributed by atoms with Crippen LogP contribution in [0.1, 0.15) is 100 Å². The first-order chi connectivity index (χ1) is 19.0. The molecular formula is C33H56N2O5. The number of carbonyl (C=O) groups is 1. The van der Waals surface area contributed by atoms with Crippen LogP contribution in [-0.4, -0.2) is 56.5 Å². The van der Waals surface area contributed by atoms with Gasteiger partial charge in [-0.2, -0.15) is 0 Å². The number of hydrogen-bond donors (Lipinski definition) is 2. The van der Waals surface area contributed by atoms with Gasteiger partial charge in [-0.05, 0) is 115 Å². The predicted octanol–water partition coefficient (Wildman–Crippen LogP) is 5.89. The normalized spacial score (nSPS) is 51.5. The third kappa shape index (κ3) is 3.92. The lowest BCUT2D eigenvalue weighted by atomic mass is 9.46. The van der Waals surface area contributed by atoms with Gasteiger partial charge in [-0.3, -0.25) is 0 Å². The van der Waals surface area contributed by atoms with Crippen LogP contribution >= 0.6 is 0 Å². The van der Waals surface area contributed by atoms with Gasteiger partial charge in [0.2, 0.25) is 0 Å². The van der Waals surface area contributed by atoms with E-state index in [2.05, 4.69) is 39.9 Å². The van der Waals surface area contributed by atoms with Crippen molar-refractivity contribution in [2.75, 3.05) is 19.7 Å². The van der Waals surface area contributed by atoms with Crippen LogP contribution in [0.3, 0.4) is 0 Å². The maximum absolute atomic E-state index is 11.6. The third-order valence-corrected chi connectivity index (χ3v) is 14.0. The largest absolute Gasteiger partial charge is 0.443 e. The second-order valence-electron chi connectivity index (χ2n) is 16.1. The molecule has 2 spiro atoms.